The molecule has 7 N–H and O–H groups in total. The molecule has 0 aromatic heterocycles. The number of nitrogens with one attached hydrogen (secondary N) is 5. The number of carbonyl (C=O) groups excluding carboxylic acids is 6. The number of thioether (sulfide) groups is 1. The normalized spacial score (nSPS) is 15.5. The number of nitrogens with zero attached hydrogens (tertiary/aromatic N) is 1. The van der Waals surface area contributed by atoms with E-state index in [-0.39, 0.29) is 54.7 Å². The van der Waals surface area contributed by atoms with Crippen LogP contribution in [0.25, 0.3) is 0 Å². The summed E-state index contributed by atoms with van der Waals surface area (Å²) in [5, 5.41) is 13.3. The lowest BCUT2D eigenvalue weighted by molar-refractivity contribution is -0.138. The number of hydrogen-bond acceptors (Lipinski definition) is 9. The van der Waals surface area contributed by atoms with Gasteiger partial charge in [-0.1, -0.05) is 32.4 Å². The third-order valence-electron chi connectivity index (χ3n) is 7.55. The highest BCUT2D eigenvalue weighted by Gasteiger charge is 2.37. The zero-order valence-electron chi connectivity index (χ0n) is 27.7. The van der Waals surface area contributed by atoms with Gasteiger partial charge < -0.3 is 37.1 Å². The molecular weight excluding hydrogens is 626 g/mol. The minimum atomic E-state index is -0.959. The number of anilines is 1. The van der Waals surface area contributed by atoms with E-state index in [0.717, 1.165) is 5.56 Å². The number of unbranched alkanes of at least 4 members (excludes halogenated alkanes) is 2. The largest absolute Gasteiger partial charge is 0.475 e. The molecule has 1 heterocycles. The number of amides is 7. The van der Waals surface area contributed by atoms with E-state index in [9.17, 15) is 28.8 Å². The van der Waals surface area contributed by atoms with Crippen LogP contribution in [0.1, 0.15) is 64.4 Å². The minimum absolute atomic E-state index is 0.155. The van der Waals surface area contributed by atoms with Crippen LogP contribution in [-0.2, 0) is 35.3 Å². The van der Waals surface area contributed by atoms with E-state index in [4.69, 9.17) is 10.5 Å². The fourth-order valence-electron chi connectivity index (χ4n) is 4.79. The maximum Gasteiger partial charge on any atom is 0.312 e. The predicted octanol–water partition coefficient (Wildman–Crippen LogP) is 1.96. The van der Waals surface area contributed by atoms with Gasteiger partial charge in [0, 0.05) is 38.7 Å². The highest BCUT2D eigenvalue weighted by molar-refractivity contribution is 8.00. The molecule has 1 aromatic carbocycles. The smallest absolute Gasteiger partial charge is 0.312 e. The Hall–Kier alpha value is -4.27. The van der Waals surface area contributed by atoms with Crippen LogP contribution in [0, 0.1) is 5.92 Å². The van der Waals surface area contributed by atoms with Crippen LogP contribution in [0.4, 0.5) is 10.5 Å². The van der Waals surface area contributed by atoms with Gasteiger partial charge in [-0.15, -0.1) is 0 Å². The molecule has 3 atom stereocenters. The minimum Gasteiger partial charge on any atom is -0.475 e. The van der Waals surface area contributed by atoms with Gasteiger partial charge in [-0.3, -0.25) is 28.9 Å². The monoisotopic (exact) mass is 675 g/mol. The molecule has 14 nitrogen and oxygen atoms in total. The van der Waals surface area contributed by atoms with Gasteiger partial charge in [-0.25, -0.2) is 4.79 Å². The lowest BCUT2D eigenvalue weighted by atomic mass is 10.0. The quantitative estimate of drug-likeness (QED) is 0.0640. The predicted molar refractivity (Wildman–Crippen MR) is 181 cm³/mol. The van der Waals surface area contributed by atoms with Crippen LogP contribution < -0.4 is 32.3 Å². The third-order valence-corrected chi connectivity index (χ3v) is 8.49. The molecule has 15 heteroatoms. The Balaban J connectivity index is 1.93. The fraction of sp³-hybridized carbons (Fsp3) is 0.562. The standard InChI is InChI=1S/C32H49N7O7S/c1-20(2)28(38-26(40)11-7-6-8-17-39-27(41)18-25(47-5)31(39)44)30(43)37-24(10-9-16-35-32(33)45)29(42)36-23-14-12-22(13-15-23)19-46-21(3)34-4/h12-15,20,24-25,28,34H,3,6-11,16-19H2,1-2,4-5H3,(H,36,42)(H,37,43)(H,38,40)(H3,33,35,45)/t24-,25?,28?/m0/s1. The lowest BCUT2D eigenvalue weighted by Gasteiger charge is -2.25. The second kappa shape index (κ2) is 20.1. The summed E-state index contributed by atoms with van der Waals surface area (Å²) >= 11 is 1.37. The van der Waals surface area contributed by atoms with Crippen molar-refractivity contribution in [2.24, 2.45) is 11.7 Å². The SMILES string of the molecule is C=C(NC)OCc1ccc(NC(=O)[C@H](CCCNC(N)=O)NC(=O)C(NC(=O)CCCCCN2C(=O)CC(SC)C2=O)C(C)C)cc1. The number of likely N-dealkylation sites (tertiary alicyclic amines) is 1. The van der Waals surface area contributed by atoms with Crippen molar-refractivity contribution in [2.45, 2.75) is 82.7 Å². The van der Waals surface area contributed by atoms with Crippen molar-refractivity contribution in [1.82, 2.24) is 26.2 Å². The number of imide groups is 1. The molecule has 0 bridgehead atoms. The summed E-state index contributed by atoms with van der Waals surface area (Å²) in [4.78, 5) is 76.2. The van der Waals surface area contributed by atoms with E-state index in [1.807, 2.05) is 6.26 Å². The Labute approximate surface area is 280 Å². The maximum atomic E-state index is 13.4. The number of benzene rings is 1. The van der Waals surface area contributed by atoms with Gasteiger partial charge in [0.15, 0.2) is 5.88 Å². The molecular formula is C32H49N7O7S. The average molecular weight is 676 g/mol. The number of primary amides is 1. The molecule has 0 spiro atoms. The maximum absolute atomic E-state index is 13.4. The van der Waals surface area contributed by atoms with Crippen molar-refractivity contribution in [3.8, 4) is 0 Å². The highest BCUT2D eigenvalue weighted by Crippen LogP contribution is 2.23. The highest BCUT2D eigenvalue weighted by atomic mass is 32.2. The van der Waals surface area contributed by atoms with E-state index < -0.39 is 29.9 Å². The van der Waals surface area contributed by atoms with Crippen LogP contribution in [0.2, 0.25) is 0 Å². The van der Waals surface area contributed by atoms with Crippen LogP contribution >= 0.6 is 11.8 Å². The van der Waals surface area contributed by atoms with Gasteiger partial charge in [0.2, 0.25) is 29.5 Å². The van der Waals surface area contributed by atoms with Crippen molar-refractivity contribution in [3.63, 3.8) is 0 Å². The molecule has 7 amide bonds. The first-order chi connectivity index (χ1) is 22.4. The van der Waals surface area contributed by atoms with Crippen molar-refractivity contribution >= 4 is 53.0 Å². The number of nitrogens with two attached hydrogens (primary N) is 1. The summed E-state index contributed by atoms with van der Waals surface area (Å²) in [5.74, 6) is -1.45. The molecule has 1 fully saturated rings. The Bertz CT molecular complexity index is 1260. The Morgan fingerprint density at radius 2 is 1.74 bits per heavy atom. The van der Waals surface area contributed by atoms with Crippen molar-refractivity contribution < 1.29 is 33.5 Å². The molecule has 0 aliphatic carbocycles. The molecule has 0 radical (unpaired) electrons. The van der Waals surface area contributed by atoms with Crippen molar-refractivity contribution in [3.05, 3.63) is 42.3 Å². The summed E-state index contributed by atoms with van der Waals surface area (Å²) in [6, 6.07) is 4.47. The summed E-state index contributed by atoms with van der Waals surface area (Å²) in [6.07, 6.45) is 4.51. The topological polar surface area (TPSA) is 201 Å². The summed E-state index contributed by atoms with van der Waals surface area (Å²) in [7, 11) is 1.70. The van der Waals surface area contributed by atoms with E-state index in [0.29, 0.717) is 50.4 Å². The van der Waals surface area contributed by atoms with Crippen LogP contribution in [0.5, 0.6) is 0 Å². The number of rotatable bonds is 21. The summed E-state index contributed by atoms with van der Waals surface area (Å²) in [6.45, 7) is 8.13. The molecule has 2 rings (SSSR count). The van der Waals surface area contributed by atoms with E-state index in [2.05, 4.69) is 33.2 Å². The molecule has 1 aliphatic heterocycles. The molecule has 1 saturated heterocycles. The number of hydrogen-bond donors (Lipinski definition) is 6. The van der Waals surface area contributed by atoms with E-state index >= 15 is 0 Å². The number of urea groups is 1. The summed E-state index contributed by atoms with van der Waals surface area (Å²) in [5.41, 5.74) is 6.52. The summed E-state index contributed by atoms with van der Waals surface area (Å²) < 4.78 is 5.45. The first-order valence-corrected chi connectivity index (χ1v) is 17.0. The Kier molecular flexibility index (Phi) is 16.6. The van der Waals surface area contributed by atoms with E-state index in [1.165, 1.54) is 16.7 Å². The molecule has 47 heavy (non-hydrogen) atoms. The van der Waals surface area contributed by atoms with E-state index in [1.54, 1.807) is 45.2 Å². The van der Waals surface area contributed by atoms with Crippen LogP contribution in [0.3, 0.4) is 0 Å². The van der Waals surface area contributed by atoms with Crippen molar-refractivity contribution in [2.75, 3.05) is 31.7 Å². The average Bonchev–Trinajstić information content (AvgIpc) is 3.31. The number of carbonyl (C=O) groups is 6. The molecule has 0 saturated carbocycles. The second-order valence-electron chi connectivity index (χ2n) is 11.6. The van der Waals surface area contributed by atoms with Crippen LogP contribution in [-0.4, -0.2) is 84.2 Å². The number of ether oxygens (including phenoxy) is 1. The van der Waals surface area contributed by atoms with Gasteiger partial charge in [0.25, 0.3) is 0 Å². The van der Waals surface area contributed by atoms with Crippen LogP contribution in [0.15, 0.2) is 36.7 Å². The third kappa shape index (κ3) is 13.5. The first-order valence-electron chi connectivity index (χ1n) is 15.8. The lowest BCUT2D eigenvalue weighted by Crippen LogP contribution is -2.54. The molecule has 1 aliphatic rings. The van der Waals surface area contributed by atoms with Crippen molar-refractivity contribution in [1.29, 1.82) is 0 Å². The van der Waals surface area contributed by atoms with Gasteiger partial charge in [-0.2, -0.15) is 11.8 Å². The second-order valence-corrected chi connectivity index (χ2v) is 12.6. The zero-order chi connectivity index (χ0) is 34.9. The Morgan fingerprint density at radius 3 is 2.34 bits per heavy atom. The van der Waals surface area contributed by atoms with Gasteiger partial charge in [0.05, 0.1) is 5.25 Å². The van der Waals surface area contributed by atoms with Gasteiger partial charge in [-0.05, 0) is 62.1 Å². The zero-order valence-corrected chi connectivity index (χ0v) is 28.5. The van der Waals surface area contributed by atoms with Gasteiger partial charge >= 0.3 is 6.03 Å². The fourth-order valence-corrected chi connectivity index (χ4v) is 5.43. The molecule has 260 valence electrons. The van der Waals surface area contributed by atoms with Gasteiger partial charge in [0.1, 0.15) is 18.7 Å². The Morgan fingerprint density at radius 1 is 1.04 bits per heavy atom. The molecule has 1 aromatic rings. The first kappa shape index (κ1) is 38.9. The molecule has 2 unspecified atom stereocenters.